The number of nitrogens with two attached hydrogens (primary N) is 1. The van der Waals surface area contributed by atoms with E-state index in [0.717, 1.165) is 12.1 Å². The van der Waals surface area contributed by atoms with Gasteiger partial charge in [-0.1, -0.05) is 26.2 Å². The number of nitrogen functional groups attached to an aromatic ring is 1. The van der Waals surface area contributed by atoms with Crippen LogP contribution in [0.4, 0.5) is 10.1 Å². The molecule has 0 saturated heterocycles. The third-order valence-electron chi connectivity index (χ3n) is 4.38. The predicted molar refractivity (Wildman–Crippen MR) is 78.8 cm³/mol. The first kappa shape index (κ1) is 14.0. The molecule has 0 unspecified atom stereocenters. The lowest BCUT2D eigenvalue weighted by Crippen LogP contribution is -2.27. The molecule has 21 heavy (non-hydrogen) atoms. The quantitative estimate of drug-likeness (QED) is 0.882. The minimum atomic E-state index is -0.419. The van der Waals surface area contributed by atoms with Crippen LogP contribution in [0.25, 0.3) is 11.4 Å². The second-order valence-corrected chi connectivity index (χ2v) is 6.27. The third kappa shape index (κ3) is 2.89. The van der Waals surface area contributed by atoms with E-state index in [9.17, 15) is 4.39 Å². The van der Waals surface area contributed by atoms with Crippen molar-refractivity contribution in [3.63, 3.8) is 0 Å². The minimum absolute atomic E-state index is 0.117. The highest BCUT2D eigenvalue weighted by molar-refractivity contribution is 5.61. The number of hydrogen-bond acceptors (Lipinski definition) is 4. The minimum Gasteiger partial charge on any atom is -0.396 e. The van der Waals surface area contributed by atoms with Gasteiger partial charge in [-0.3, -0.25) is 0 Å². The highest BCUT2D eigenvalue weighted by Gasteiger charge is 2.29. The van der Waals surface area contributed by atoms with Crippen molar-refractivity contribution in [2.75, 3.05) is 5.73 Å². The zero-order chi connectivity index (χ0) is 14.9. The molecule has 1 aliphatic rings. The van der Waals surface area contributed by atoms with E-state index in [1.807, 2.05) is 4.68 Å². The molecule has 0 bridgehead atoms. The molecule has 3 rings (SSSR count). The second kappa shape index (κ2) is 5.42. The summed E-state index contributed by atoms with van der Waals surface area (Å²) in [6, 6.07) is 4.60. The van der Waals surface area contributed by atoms with Gasteiger partial charge in [0.15, 0.2) is 5.82 Å². The van der Waals surface area contributed by atoms with E-state index in [4.69, 9.17) is 5.73 Å². The van der Waals surface area contributed by atoms with Crippen LogP contribution >= 0.6 is 0 Å². The SMILES string of the molecule is CC1(Cn2nnnc2-c2ccc(F)c(N)c2)CCCCC1. The van der Waals surface area contributed by atoms with Crippen LogP contribution in [0.3, 0.4) is 0 Å². The maximum Gasteiger partial charge on any atom is 0.182 e. The lowest BCUT2D eigenvalue weighted by atomic mass is 9.76. The standard InChI is InChI=1S/C15H20FN5/c1-15(7-3-2-4-8-15)10-21-14(18-19-20-21)11-5-6-12(16)13(17)9-11/h5-6,9H,2-4,7-8,10,17H2,1H3. The third-order valence-corrected chi connectivity index (χ3v) is 4.38. The van der Waals surface area contributed by atoms with Crippen molar-refractivity contribution in [1.82, 2.24) is 20.2 Å². The molecule has 0 amide bonds. The zero-order valence-electron chi connectivity index (χ0n) is 12.2. The number of tetrazole rings is 1. The van der Waals surface area contributed by atoms with Gasteiger partial charge in [-0.25, -0.2) is 9.07 Å². The number of hydrogen-bond donors (Lipinski definition) is 1. The first-order valence-electron chi connectivity index (χ1n) is 7.39. The molecule has 6 heteroatoms. The van der Waals surface area contributed by atoms with Crippen LogP contribution in [0.1, 0.15) is 39.0 Å². The van der Waals surface area contributed by atoms with E-state index in [2.05, 4.69) is 22.4 Å². The van der Waals surface area contributed by atoms with E-state index in [1.165, 1.54) is 38.2 Å². The molecule has 1 aromatic heterocycles. The molecule has 5 nitrogen and oxygen atoms in total. The van der Waals surface area contributed by atoms with Crippen LogP contribution in [0.15, 0.2) is 18.2 Å². The largest absolute Gasteiger partial charge is 0.396 e. The molecule has 112 valence electrons. The lowest BCUT2D eigenvalue weighted by Gasteiger charge is -2.33. The van der Waals surface area contributed by atoms with Gasteiger partial charge in [-0.2, -0.15) is 0 Å². The van der Waals surface area contributed by atoms with Crippen molar-refractivity contribution < 1.29 is 4.39 Å². The summed E-state index contributed by atoms with van der Waals surface area (Å²) in [5, 5.41) is 12.0. The van der Waals surface area contributed by atoms with Gasteiger partial charge in [0, 0.05) is 5.56 Å². The molecular formula is C15H20FN5. The molecule has 2 aromatic rings. The first-order valence-corrected chi connectivity index (χ1v) is 7.39. The molecule has 1 aromatic carbocycles. The van der Waals surface area contributed by atoms with Crippen LogP contribution in [0.5, 0.6) is 0 Å². The molecule has 0 radical (unpaired) electrons. The summed E-state index contributed by atoms with van der Waals surface area (Å²) >= 11 is 0. The van der Waals surface area contributed by atoms with E-state index in [1.54, 1.807) is 12.1 Å². The van der Waals surface area contributed by atoms with Crippen LogP contribution in [-0.4, -0.2) is 20.2 Å². The normalized spacial score (nSPS) is 17.8. The maximum absolute atomic E-state index is 13.3. The van der Waals surface area contributed by atoms with Gasteiger partial charge in [-0.15, -0.1) is 5.10 Å². The second-order valence-electron chi connectivity index (χ2n) is 6.27. The summed E-state index contributed by atoms with van der Waals surface area (Å²) in [4.78, 5) is 0. The van der Waals surface area contributed by atoms with Crippen molar-refractivity contribution in [1.29, 1.82) is 0 Å². The van der Waals surface area contributed by atoms with Crippen LogP contribution < -0.4 is 5.73 Å². The van der Waals surface area contributed by atoms with Gasteiger partial charge >= 0.3 is 0 Å². The van der Waals surface area contributed by atoms with Gasteiger partial charge in [0.1, 0.15) is 5.82 Å². The Balaban J connectivity index is 1.88. The molecule has 2 N–H and O–H groups in total. The van der Waals surface area contributed by atoms with E-state index >= 15 is 0 Å². The molecule has 1 aliphatic carbocycles. The fourth-order valence-corrected chi connectivity index (χ4v) is 3.13. The monoisotopic (exact) mass is 289 g/mol. The van der Waals surface area contributed by atoms with E-state index < -0.39 is 5.82 Å². The number of aromatic nitrogens is 4. The van der Waals surface area contributed by atoms with Gasteiger partial charge < -0.3 is 5.73 Å². The van der Waals surface area contributed by atoms with E-state index in [0.29, 0.717) is 5.82 Å². The van der Waals surface area contributed by atoms with E-state index in [-0.39, 0.29) is 11.1 Å². The Morgan fingerprint density at radius 3 is 2.76 bits per heavy atom. The number of halogens is 1. The average Bonchev–Trinajstić information content (AvgIpc) is 2.90. The first-order chi connectivity index (χ1) is 10.1. The highest BCUT2D eigenvalue weighted by atomic mass is 19.1. The Morgan fingerprint density at radius 1 is 1.29 bits per heavy atom. The Kier molecular flexibility index (Phi) is 3.61. The summed E-state index contributed by atoms with van der Waals surface area (Å²) in [6.45, 7) is 3.07. The average molecular weight is 289 g/mol. The number of rotatable bonds is 3. The van der Waals surface area contributed by atoms with Gasteiger partial charge in [0.2, 0.25) is 0 Å². The molecule has 0 spiro atoms. The lowest BCUT2D eigenvalue weighted by molar-refractivity contribution is 0.175. The van der Waals surface area contributed by atoms with Crippen LogP contribution in [-0.2, 0) is 6.54 Å². The summed E-state index contributed by atoms with van der Waals surface area (Å²) in [5.74, 6) is 0.227. The van der Waals surface area contributed by atoms with Crippen molar-refractivity contribution in [2.24, 2.45) is 5.41 Å². The highest BCUT2D eigenvalue weighted by Crippen LogP contribution is 2.37. The van der Waals surface area contributed by atoms with Gasteiger partial charge in [-0.05, 0) is 46.9 Å². The molecule has 1 saturated carbocycles. The smallest absolute Gasteiger partial charge is 0.182 e. The molecular weight excluding hydrogens is 269 g/mol. The zero-order valence-corrected chi connectivity index (χ0v) is 12.2. The molecule has 1 fully saturated rings. The van der Waals surface area contributed by atoms with Crippen molar-refractivity contribution in [3.05, 3.63) is 24.0 Å². The van der Waals surface area contributed by atoms with Crippen LogP contribution in [0, 0.1) is 11.2 Å². The Hall–Kier alpha value is -1.98. The topological polar surface area (TPSA) is 69.6 Å². The Morgan fingerprint density at radius 2 is 2.05 bits per heavy atom. The number of benzene rings is 1. The van der Waals surface area contributed by atoms with Gasteiger partial charge in [0.05, 0.1) is 12.2 Å². The summed E-state index contributed by atoms with van der Waals surface area (Å²) in [7, 11) is 0. The summed E-state index contributed by atoms with van der Waals surface area (Å²) in [6.07, 6.45) is 6.22. The van der Waals surface area contributed by atoms with Crippen molar-refractivity contribution >= 4 is 5.69 Å². The Bertz CT molecular complexity index is 631. The predicted octanol–water partition coefficient (Wildman–Crippen LogP) is 3.03. The molecule has 0 aliphatic heterocycles. The maximum atomic E-state index is 13.3. The van der Waals surface area contributed by atoms with Crippen LogP contribution in [0.2, 0.25) is 0 Å². The molecule has 0 atom stereocenters. The summed E-state index contributed by atoms with van der Waals surface area (Å²) in [5.41, 5.74) is 6.73. The van der Waals surface area contributed by atoms with Crippen molar-refractivity contribution in [2.45, 2.75) is 45.6 Å². The van der Waals surface area contributed by atoms with Crippen molar-refractivity contribution in [3.8, 4) is 11.4 Å². The fourth-order valence-electron chi connectivity index (χ4n) is 3.13. The summed E-state index contributed by atoms with van der Waals surface area (Å²) < 4.78 is 15.1. The Labute approximate surface area is 123 Å². The fraction of sp³-hybridized carbons (Fsp3) is 0.533. The number of anilines is 1. The molecule has 1 heterocycles. The van der Waals surface area contributed by atoms with Gasteiger partial charge in [0.25, 0.3) is 0 Å². The number of nitrogens with zero attached hydrogens (tertiary/aromatic N) is 4.